The molecule has 4 rings (SSSR count). The van der Waals surface area contributed by atoms with Crippen molar-refractivity contribution in [3.05, 3.63) is 54.1 Å². The predicted octanol–water partition coefficient (Wildman–Crippen LogP) is 3.51. The maximum absolute atomic E-state index is 10.6. The second-order valence-corrected chi connectivity index (χ2v) is 9.82. The first-order valence-corrected chi connectivity index (χ1v) is 11.2. The zero-order chi connectivity index (χ0) is 20.6. The predicted molar refractivity (Wildman–Crippen MR) is 119 cm³/mol. The first-order valence-electron chi connectivity index (χ1n) is 10.3. The van der Waals surface area contributed by atoms with E-state index in [1.54, 1.807) is 0 Å². The van der Waals surface area contributed by atoms with E-state index >= 15 is 0 Å². The van der Waals surface area contributed by atoms with Crippen molar-refractivity contribution in [3.63, 3.8) is 0 Å². The molecule has 6 heteroatoms. The fraction of sp³-hybridized carbons (Fsp3) is 0.478. The minimum Gasteiger partial charge on any atom is -0.399 e. The highest BCUT2D eigenvalue weighted by atomic mass is 32.1. The van der Waals surface area contributed by atoms with Crippen LogP contribution in [0.15, 0.2) is 48.5 Å². The van der Waals surface area contributed by atoms with Crippen LogP contribution in [-0.4, -0.2) is 42.1 Å². The van der Waals surface area contributed by atoms with E-state index in [2.05, 4.69) is 81.1 Å². The highest BCUT2D eigenvalue weighted by Gasteiger charge is 2.51. The van der Waals surface area contributed by atoms with E-state index in [4.69, 9.17) is 9.31 Å². The van der Waals surface area contributed by atoms with Crippen LogP contribution in [0.5, 0.6) is 0 Å². The number of hydrogen-bond acceptors (Lipinski definition) is 4. The monoisotopic (exact) mass is 410 g/mol. The van der Waals surface area contributed by atoms with Gasteiger partial charge in [-0.2, -0.15) is 0 Å². The van der Waals surface area contributed by atoms with Crippen molar-refractivity contribution in [1.82, 2.24) is 4.90 Å². The molecule has 0 unspecified atom stereocenters. The molecule has 2 saturated heterocycles. The summed E-state index contributed by atoms with van der Waals surface area (Å²) >= 11 is 0.710. The van der Waals surface area contributed by atoms with Gasteiger partial charge in [-0.05, 0) is 49.8 Å². The van der Waals surface area contributed by atoms with Crippen LogP contribution in [0, 0.1) is 5.92 Å². The van der Waals surface area contributed by atoms with Crippen molar-refractivity contribution in [1.29, 1.82) is 0 Å². The van der Waals surface area contributed by atoms with E-state index < -0.39 is 0 Å². The smallest absolute Gasteiger partial charge is 0.399 e. The first-order chi connectivity index (χ1) is 13.8. The van der Waals surface area contributed by atoms with E-state index in [9.17, 15) is 4.21 Å². The molecule has 0 amide bonds. The van der Waals surface area contributed by atoms with Crippen LogP contribution in [0.25, 0.3) is 11.1 Å². The molecular weight excluding hydrogens is 381 g/mol. The number of nitrogens with zero attached hydrogens (tertiary/aromatic N) is 1. The SMILES string of the molecule is CC1(C)OB(c2ccc(-c3ccc(CN4CC(C[S+]=O)C4)cc3)cc2)OC1(C)C. The summed E-state index contributed by atoms with van der Waals surface area (Å²) in [4.78, 5) is 2.40. The van der Waals surface area contributed by atoms with E-state index in [0.717, 1.165) is 30.8 Å². The Morgan fingerprint density at radius 3 is 1.97 bits per heavy atom. The molecule has 152 valence electrons. The van der Waals surface area contributed by atoms with Gasteiger partial charge in [0.1, 0.15) is 0 Å². The maximum atomic E-state index is 10.6. The third-order valence-corrected chi connectivity index (χ3v) is 7.07. The van der Waals surface area contributed by atoms with Gasteiger partial charge in [-0.1, -0.05) is 48.5 Å². The van der Waals surface area contributed by atoms with Crippen molar-refractivity contribution in [2.24, 2.45) is 5.92 Å². The Morgan fingerprint density at radius 2 is 1.45 bits per heavy atom. The number of benzene rings is 2. The highest BCUT2D eigenvalue weighted by molar-refractivity contribution is 7.65. The van der Waals surface area contributed by atoms with Gasteiger partial charge in [0.25, 0.3) is 0 Å². The van der Waals surface area contributed by atoms with E-state index in [1.807, 2.05) is 0 Å². The number of likely N-dealkylation sites (tertiary alicyclic amines) is 1. The summed E-state index contributed by atoms with van der Waals surface area (Å²) in [5.41, 5.74) is 4.11. The Morgan fingerprint density at radius 1 is 0.931 bits per heavy atom. The summed E-state index contributed by atoms with van der Waals surface area (Å²) in [6.07, 6.45) is 0. The molecule has 2 aromatic rings. The molecule has 0 N–H and O–H groups in total. The maximum Gasteiger partial charge on any atom is 0.494 e. The molecule has 0 spiro atoms. The Balaban J connectivity index is 1.38. The molecule has 2 aliphatic heterocycles. The first kappa shape index (κ1) is 20.7. The third-order valence-electron chi connectivity index (χ3n) is 6.47. The molecule has 0 radical (unpaired) electrons. The van der Waals surface area contributed by atoms with Crippen LogP contribution in [0.4, 0.5) is 0 Å². The summed E-state index contributed by atoms with van der Waals surface area (Å²) < 4.78 is 22.9. The Hall–Kier alpha value is -1.60. The lowest BCUT2D eigenvalue weighted by Gasteiger charge is -2.36. The second-order valence-electron chi connectivity index (χ2n) is 9.25. The third kappa shape index (κ3) is 4.31. The van der Waals surface area contributed by atoms with Crippen molar-refractivity contribution in [3.8, 4) is 11.1 Å². The van der Waals surface area contributed by atoms with Crippen molar-refractivity contribution in [2.45, 2.75) is 45.4 Å². The summed E-state index contributed by atoms with van der Waals surface area (Å²) in [5, 5.41) is 0. The van der Waals surface area contributed by atoms with Crippen LogP contribution in [0.1, 0.15) is 33.3 Å². The van der Waals surface area contributed by atoms with Crippen molar-refractivity contribution < 1.29 is 13.5 Å². The van der Waals surface area contributed by atoms with Gasteiger partial charge in [0.05, 0.1) is 11.2 Å². The molecule has 0 saturated carbocycles. The van der Waals surface area contributed by atoms with Crippen molar-refractivity contribution >= 4 is 24.2 Å². The molecule has 0 aromatic heterocycles. The molecule has 0 bridgehead atoms. The Labute approximate surface area is 178 Å². The topological polar surface area (TPSA) is 38.8 Å². The van der Waals surface area contributed by atoms with Gasteiger partial charge in [-0.15, -0.1) is 0 Å². The molecule has 4 nitrogen and oxygen atoms in total. The molecule has 0 aliphatic carbocycles. The zero-order valence-corrected chi connectivity index (χ0v) is 18.5. The lowest BCUT2D eigenvalue weighted by molar-refractivity contribution is 0.00578. The van der Waals surface area contributed by atoms with Gasteiger partial charge in [0, 0.05) is 29.8 Å². The fourth-order valence-corrected chi connectivity index (χ4v) is 4.28. The summed E-state index contributed by atoms with van der Waals surface area (Å²) in [5.74, 6) is 1.30. The summed E-state index contributed by atoms with van der Waals surface area (Å²) in [6.45, 7) is 11.3. The van der Waals surface area contributed by atoms with Gasteiger partial charge in [0.15, 0.2) is 0 Å². The zero-order valence-electron chi connectivity index (χ0n) is 17.7. The van der Waals surface area contributed by atoms with Crippen LogP contribution >= 0.6 is 0 Å². The largest absolute Gasteiger partial charge is 0.494 e. The molecule has 0 atom stereocenters. The van der Waals surface area contributed by atoms with Gasteiger partial charge < -0.3 is 9.31 Å². The molecular formula is C23H29BNO3S+. The second kappa shape index (κ2) is 7.91. The minimum atomic E-state index is -0.323. The van der Waals surface area contributed by atoms with Crippen molar-refractivity contribution in [2.75, 3.05) is 18.8 Å². The van der Waals surface area contributed by atoms with Gasteiger partial charge in [-0.25, -0.2) is 0 Å². The summed E-state index contributed by atoms with van der Waals surface area (Å²) in [7, 11) is -0.322. The van der Waals surface area contributed by atoms with E-state index in [0.29, 0.717) is 17.6 Å². The standard InChI is InChI=1S/C23H29BNO3S/c1-22(2)23(3,4)28-24(27-22)21-11-9-20(10-12-21)19-7-5-17(6-8-19)13-25-14-18(15-25)16-29-26/h5-12,18H,13-16H2,1-4H3/q+1. The average molecular weight is 410 g/mol. The van der Waals surface area contributed by atoms with E-state index in [-0.39, 0.29) is 18.3 Å². The van der Waals surface area contributed by atoms with Gasteiger partial charge >= 0.3 is 18.8 Å². The molecule has 2 heterocycles. The normalized spacial score (nSPS) is 21.2. The van der Waals surface area contributed by atoms with Crippen LogP contribution in [0.2, 0.25) is 0 Å². The van der Waals surface area contributed by atoms with Gasteiger partial charge in [0.2, 0.25) is 5.75 Å². The van der Waals surface area contributed by atoms with Crippen LogP contribution < -0.4 is 5.46 Å². The average Bonchev–Trinajstić information content (AvgIpc) is 2.88. The van der Waals surface area contributed by atoms with Gasteiger partial charge in [-0.3, -0.25) is 4.90 Å². The highest BCUT2D eigenvalue weighted by Crippen LogP contribution is 2.36. The van der Waals surface area contributed by atoms with E-state index in [1.165, 1.54) is 16.7 Å². The Bertz CT molecular complexity index is 845. The van der Waals surface area contributed by atoms with Crippen LogP contribution in [-0.2, 0) is 31.7 Å². The lowest BCUT2D eigenvalue weighted by Crippen LogP contribution is -2.47. The molecule has 2 aliphatic rings. The number of rotatable bonds is 6. The fourth-order valence-electron chi connectivity index (χ4n) is 3.88. The molecule has 2 aromatic carbocycles. The summed E-state index contributed by atoms with van der Waals surface area (Å²) in [6, 6.07) is 17.2. The quantitative estimate of drug-likeness (QED) is 0.540. The molecule has 2 fully saturated rings. The Kier molecular flexibility index (Phi) is 5.64. The van der Waals surface area contributed by atoms with Crippen LogP contribution in [0.3, 0.4) is 0 Å². The number of hydrogen-bond donors (Lipinski definition) is 0. The lowest BCUT2D eigenvalue weighted by atomic mass is 9.78. The minimum absolute atomic E-state index is 0.322. The molecule has 29 heavy (non-hydrogen) atoms.